The van der Waals surface area contributed by atoms with Gasteiger partial charge in [-0.1, -0.05) is 30.3 Å². The first-order valence-electron chi connectivity index (χ1n) is 9.77. The number of ether oxygens (including phenoxy) is 3. The fraction of sp³-hybridized carbons (Fsp3) is 0.120. The Labute approximate surface area is 183 Å². The van der Waals surface area contributed by atoms with Gasteiger partial charge in [0.25, 0.3) is 0 Å². The molecule has 1 aliphatic heterocycles. The molecule has 2 heterocycles. The summed E-state index contributed by atoms with van der Waals surface area (Å²) in [5.74, 6) is 1.54. The molecule has 32 heavy (non-hydrogen) atoms. The number of fused-ring (bicyclic) bond motifs is 2. The maximum atomic E-state index is 12.2. The highest BCUT2D eigenvalue weighted by Gasteiger charge is 2.20. The predicted octanol–water partition coefficient (Wildman–Crippen LogP) is 4.33. The Balaban J connectivity index is 0.000000174. The number of esters is 1. The number of hydrogen-bond donors (Lipinski definition) is 1. The van der Waals surface area contributed by atoms with Crippen LogP contribution < -0.4 is 19.6 Å². The van der Waals surface area contributed by atoms with Crippen molar-refractivity contribution in [3.05, 3.63) is 82.5 Å². The molecule has 162 valence electrons. The highest BCUT2D eigenvalue weighted by molar-refractivity contribution is 5.83. The van der Waals surface area contributed by atoms with Gasteiger partial charge >= 0.3 is 5.97 Å². The number of methoxy groups -OCH3 is 2. The average Bonchev–Trinajstić information content (AvgIpc) is 3.21. The van der Waals surface area contributed by atoms with Crippen molar-refractivity contribution in [3.63, 3.8) is 0 Å². The zero-order valence-corrected chi connectivity index (χ0v) is 17.5. The zero-order valence-electron chi connectivity index (χ0n) is 17.5. The van der Waals surface area contributed by atoms with E-state index in [9.17, 15) is 14.7 Å². The molecule has 1 N–H and O–H groups in total. The molecule has 3 aromatic carbocycles. The number of aromatic hydroxyl groups is 1. The van der Waals surface area contributed by atoms with E-state index in [0.29, 0.717) is 34.5 Å². The summed E-state index contributed by atoms with van der Waals surface area (Å²) in [7, 11) is 3.11. The number of carbonyl (C=O) groups is 1. The third-order valence-corrected chi connectivity index (χ3v) is 4.94. The summed E-state index contributed by atoms with van der Waals surface area (Å²) >= 11 is 0. The summed E-state index contributed by atoms with van der Waals surface area (Å²) in [6.07, 6.45) is 0.354. The van der Waals surface area contributed by atoms with E-state index in [0.717, 1.165) is 11.3 Å². The van der Waals surface area contributed by atoms with Crippen LogP contribution in [0.4, 0.5) is 0 Å². The van der Waals surface area contributed by atoms with Gasteiger partial charge < -0.3 is 23.7 Å². The topological polar surface area (TPSA) is 95.2 Å². The third-order valence-electron chi connectivity index (χ3n) is 4.94. The number of benzene rings is 3. The molecule has 1 aromatic heterocycles. The number of rotatable bonds is 3. The first-order chi connectivity index (χ1) is 15.5. The standard InChI is InChI=1S/C16H12O4.C9H8O3/c1-19-11-7-8-13-12(9-11)14(17)15(18)16(20-13)10-5-3-2-4-6-10;1-11-7-2-3-8-6(4-7)5-9(10)12-8/h2-9,18H,1H3;2-4H,5H2,1H3. The molecule has 7 nitrogen and oxygen atoms in total. The van der Waals surface area contributed by atoms with Crippen molar-refractivity contribution >= 4 is 16.9 Å². The summed E-state index contributed by atoms with van der Waals surface area (Å²) in [5.41, 5.74) is 1.50. The van der Waals surface area contributed by atoms with Crippen molar-refractivity contribution in [3.8, 4) is 34.3 Å². The van der Waals surface area contributed by atoms with Gasteiger partial charge in [-0.2, -0.15) is 0 Å². The minimum absolute atomic E-state index is 0.174. The Morgan fingerprint density at radius 3 is 2.28 bits per heavy atom. The highest BCUT2D eigenvalue weighted by Crippen LogP contribution is 2.31. The minimum Gasteiger partial charge on any atom is -0.502 e. The van der Waals surface area contributed by atoms with Gasteiger partial charge in [0.15, 0.2) is 5.76 Å². The molecule has 0 unspecified atom stereocenters. The number of carbonyl (C=O) groups excluding carboxylic acids is 1. The third kappa shape index (κ3) is 4.13. The van der Waals surface area contributed by atoms with Gasteiger partial charge in [0.05, 0.1) is 26.0 Å². The van der Waals surface area contributed by atoms with Crippen molar-refractivity contribution in [2.24, 2.45) is 0 Å². The van der Waals surface area contributed by atoms with E-state index in [-0.39, 0.29) is 11.7 Å². The molecule has 5 rings (SSSR count). The lowest BCUT2D eigenvalue weighted by atomic mass is 10.1. The van der Waals surface area contributed by atoms with Crippen molar-refractivity contribution < 1.29 is 28.5 Å². The molecule has 0 radical (unpaired) electrons. The number of hydrogen-bond acceptors (Lipinski definition) is 7. The van der Waals surface area contributed by atoms with Gasteiger partial charge in [-0.25, -0.2) is 0 Å². The molecular weight excluding hydrogens is 412 g/mol. The van der Waals surface area contributed by atoms with Gasteiger partial charge in [-0.3, -0.25) is 9.59 Å². The molecule has 4 aromatic rings. The van der Waals surface area contributed by atoms with Crippen LogP contribution in [0.1, 0.15) is 5.56 Å². The van der Waals surface area contributed by atoms with Gasteiger partial charge in [-0.05, 0) is 36.4 Å². The first-order valence-corrected chi connectivity index (χ1v) is 9.77. The van der Waals surface area contributed by atoms with Crippen LogP contribution in [0.15, 0.2) is 75.9 Å². The molecular formula is C25H20O7. The van der Waals surface area contributed by atoms with Crippen LogP contribution in [-0.4, -0.2) is 25.3 Å². The monoisotopic (exact) mass is 432 g/mol. The highest BCUT2D eigenvalue weighted by atomic mass is 16.5. The fourth-order valence-electron chi connectivity index (χ4n) is 3.31. The first kappa shape index (κ1) is 21.0. The van der Waals surface area contributed by atoms with Crippen LogP contribution in [0.5, 0.6) is 23.0 Å². The Bertz CT molecular complexity index is 1340. The maximum absolute atomic E-state index is 12.2. The summed E-state index contributed by atoms with van der Waals surface area (Å²) in [6.45, 7) is 0. The molecule has 0 fully saturated rings. The molecule has 1 aliphatic rings. The van der Waals surface area contributed by atoms with Crippen molar-refractivity contribution in [1.82, 2.24) is 0 Å². The van der Waals surface area contributed by atoms with Gasteiger partial charge in [0, 0.05) is 11.1 Å². The van der Waals surface area contributed by atoms with Crippen LogP contribution in [0.25, 0.3) is 22.3 Å². The van der Waals surface area contributed by atoms with Crippen LogP contribution in [0.2, 0.25) is 0 Å². The molecule has 0 atom stereocenters. The van der Waals surface area contributed by atoms with Gasteiger partial charge in [-0.15, -0.1) is 0 Å². The van der Waals surface area contributed by atoms with E-state index < -0.39 is 11.2 Å². The summed E-state index contributed by atoms with van der Waals surface area (Å²) in [4.78, 5) is 23.1. The van der Waals surface area contributed by atoms with Crippen molar-refractivity contribution in [2.45, 2.75) is 6.42 Å². The van der Waals surface area contributed by atoms with Crippen LogP contribution in [0, 0.1) is 0 Å². The quantitative estimate of drug-likeness (QED) is 0.380. The smallest absolute Gasteiger partial charge is 0.315 e. The maximum Gasteiger partial charge on any atom is 0.315 e. The Morgan fingerprint density at radius 2 is 1.56 bits per heavy atom. The van der Waals surface area contributed by atoms with Gasteiger partial charge in [0.1, 0.15) is 22.8 Å². The lowest BCUT2D eigenvalue weighted by Gasteiger charge is -2.07. The van der Waals surface area contributed by atoms with E-state index in [4.69, 9.17) is 18.6 Å². The van der Waals surface area contributed by atoms with E-state index in [1.165, 1.54) is 7.11 Å². The molecule has 0 saturated carbocycles. The van der Waals surface area contributed by atoms with Crippen molar-refractivity contribution in [2.75, 3.05) is 14.2 Å². The molecule has 0 spiro atoms. The normalized spacial score (nSPS) is 11.9. The molecule has 7 heteroatoms. The lowest BCUT2D eigenvalue weighted by Crippen LogP contribution is -2.02. The predicted molar refractivity (Wildman–Crippen MR) is 118 cm³/mol. The van der Waals surface area contributed by atoms with E-state index in [1.807, 2.05) is 24.3 Å². The minimum atomic E-state index is -0.469. The second-order valence-corrected chi connectivity index (χ2v) is 6.96. The molecule has 0 aliphatic carbocycles. The Kier molecular flexibility index (Phi) is 5.81. The summed E-state index contributed by atoms with van der Waals surface area (Å²) in [5, 5.41) is 10.4. The Morgan fingerprint density at radius 1 is 0.875 bits per heavy atom. The molecule has 0 saturated heterocycles. The Hall–Kier alpha value is -4.26. The summed E-state index contributed by atoms with van der Waals surface area (Å²) in [6, 6.07) is 19.3. The summed E-state index contributed by atoms with van der Waals surface area (Å²) < 4.78 is 20.6. The van der Waals surface area contributed by atoms with E-state index >= 15 is 0 Å². The van der Waals surface area contributed by atoms with Crippen LogP contribution in [0.3, 0.4) is 0 Å². The second-order valence-electron chi connectivity index (χ2n) is 6.96. The van der Waals surface area contributed by atoms with E-state index in [2.05, 4.69) is 0 Å². The molecule has 0 amide bonds. The average molecular weight is 432 g/mol. The van der Waals surface area contributed by atoms with E-state index in [1.54, 1.807) is 49.6 Å². The fourth-order valence-corrected chi connectivity index (χ4v) is 3.31. The molecule has 0 bridgehead atoms. The van der Waals surface area contributed by atoms with Gasteiger partial charge in [0.2, 0.25) is 11.2 Å². The van der Waals surface area contributed by atoms with Crippen LogP contribution >= 0.6 is 0 Å². The zero-order chi connectivity index (χ0) is 22.7. The van der Waals surface area contributed by atoms with Crippen molar-refractivity contribution in [1.29, 1.82) is 0 Å². The van der Waals surface area contributed by atoms with Crippen LogP contribution in [-0.2, 0) is 11.2 Å². The second kappa shape index (κ2) is 8.85. The largest absolute Gasteiger partial charge is 0.502 e. The SMILES string of the molecule is COc1ccc2c(c1)CC(=O)O2.COc1ccc2oc(-c3ccccc3)c(O)c(=O)c2c1. The lowest BCUT2D eigenvalue weighted by molar-refractivity contribution is -0.131.